The Morgan fingerprint density at radius 3 is 3.00 bits per heavy atom. The lowest BCUT2D eigenvalue weighted by Gasteiger charge is -2.06. The molecule has 0 saturated carbocycles. The van der Waals surface area contributed by atoms with Gasteiger partial charge in [0.05, 0.1) is 12.6 Å². The Morgan fingerprint density at radius 1 is 1.26 bits per heavy atom. The van der Waals surface area contributed by atoms with Crippen molar-refractivity contribution in [2.24, 2.45) is 4.99 Å². The van der Waals surface area contributed by atoms with E-state index in [0.29, 0.717) is 6.54 Å². The van der Waals surface area contributed by atoms with Gasteiger partial charge in [0.2, 0.25) is 0 Å². The molecule has 3 nitrogen and oxygen atoms in total. The van der Waals surface area contributed by atoms with E-state index in [9.17, 15) is 5.11 Å². The fourth-order valence-corrected chi connectivity index (χ4v) is 2.47. The third kappa shape index (κ3) is 2.61. The second kappa shape index (κ2) is 5.41. The number of aromatic hydroxyl groups is 1. The minimum atomic E-state index is 0.244. The van der Waals surface area contributed by atoms with Crippen LogP contribution in [0.4, 0.5) is 0 Å². The van der Waals surface area contributed by atoms with Crippen LogP contribution in [0.15, 0.2) is 41.4 Å². The van der Waals surface area contributed by atoms with Gasteiger partial charge in [-0.2, -0.15) is 0 Å². The maximum Gasteiger partial charge on any atom is 0.124 e. The number of hydrogen-bond donors (Lipinski definition) is 1. The summed E-state index contributed by atoms with van der Waals surface area (Å²) < 4.78 is 5.53. The van der Waals surface area contributed by atoms with Gasteiger partial charge in [0, 0.05) is 18.4 Å². The summed E-state index contributed by atoms with van der Waals surface area (Å²) in [5, 5.41) is 12.1. The van der Waals surface area contributed by atoms with E-state index >= 15 is 0 Å². The Bertz CT molecular complexity index is 601. The lowest BCUT2D eigenvalue weighted by Crippen LogP contribution is -2.08. The van der Waals surface area contributed by atoms with Crippen molar-refractivity contribution in [1.82, 2.24) is 0 Å². The maximum absolute atomic E-state index is 9.98. The molecule has 0 amide bonds. The molecule has 0 unspecified atom stereocenters. The van der Waals surface area contributed by atoms with Crippen molar-refractivity contribution in [3.8, 4) is 5.75 Å². The quantitative estimate of drug-likeness (QED) is 0.856. The predicted octanol–water partition coefficient (Wildman–Crippen LogP) is 3.14. The van der Waals surface area contributed by atoms with Gasteiger partial charge in [0.15, 0.2) is 0 Å². The van der Waals surface area contributed by atoms with Gasteiger partial charge < -0.3 is 9.84 Å². The van der Waals surface area contributed by atoms with Crippen LogP contribution in [0.5, 0.6) is 5.75 Å². The number of nitrogens with zero attached hydrogens (tertiary/aromatic N) is 1. The minimum absolute atomic E-state index is 0.244. The SMILES string of the molecule is Oc1ccc2ccccc2c1C=NC[C@@H]1CCCO1. The molecule has 1 aliphatic rings. The van der Waals surface area contributed by atoms with Gasteiger partial charge in [0.25, 0.3) is 0 Å². The van der Waals surface area contributed by atoms with Crippen LogP contribution in [-0.2, 0) is 4.74 Å². The molecule has 0 aliphatic carbocycles. The van der Waals surface area contributed by atoms with Gasteiger partial charge in [-0.25, -0.2) is 0 Å². The lowest BCUT2D eigenvalue weighted by atomic mass is 10.0. The topological polar surface area (TPSA) is 41.8 Å². The monoisotopic (exact) mass is 255 g/mol. The van der Waals surface area contributed by atoms with Gasteiger partial charge in [-0.05, 0) is 29.7 Å². The number of benzene rings is 2. The zero-order valence-electron chi connectivity index (χ0n) is 10.7. The first-order valence-electron chi connectivity index (χ1n) is 6.67. The van der Waals surface area contributed by atoms with Crippen LogP contribution >= 0.6 is 0 Å². The number of phenolic OH excluding ortho intramolecular Hbond substituents is 1. The first-order valence-corrected chi connectivity index (χ1v) is 6.67. The molecule has 1 heterocycles. The molecule has 0 bridgehead atoms. The highest BCUT2D eigenvalue weighted by Crippen LogP contribution is 2.25. The summed E-state index contributed by atoms with van der Waals surface area (Å²) in [7, 11) is 0. The molecule has 1 aliphatic heterocycles. The van der Waals surface area contributed by atoms with E-state index in [-0.39, 0.29) is 11.9 Å². The fourth-order valence-electron chi connectivity index (χ4n) is 2.47. The van der Waals surface area contributed by atoms with E-state index in [2.05, 4.69) is 4.99 Å². The largest absolute Gasteiger partial charge is 0.507 e. The molecule has 1 fully saturated rings. The summed E-state index contributed by atoms with van der Waals surface area (Å²) >= 11 is 0. The molecule has 2 aromatic carbocycles. The molecular formula is C16H17NO2. The van der Waals surface area contributed by atoms with Crippen molar-refractivity contribution in [2.75, 3.05) is 13.2 Å². The van der Waals surface area contributed by atoms with Gasteiger partial charge >= 0.3 is 0 Å². The second-order valence-electron chi connectivity index (χ2n) is 4.85. The van der Waals surface area contributed by atoms with Crippen LogP contribution in [-0.4, -0.2) is 30.6 Å². The Balaban J connectivity index is 1.86. The van der Waals surface area contributed by atoms with Gasteiger partial charge in [-0.15, -0.1) is 0 Å². The summed E-state index contributed by atoms with van der Waals surface area (Å²) in [6.07, 6.45) is 4.21. The second-order valence-corrected chi connectivity index (χ2v) is 4.85. The lowest BCUT2D eigenvalue weighted by molar-refractivity contribution is 0.118. The van der Waals surface area contributed by atoms with Crippen LogP contribution in [0, 0.1) is 0 Å². The summed E-state index contributed by atoms with van der Waals surface area (Å²) in [5.74, 6) is 0.273. The van der Waals surface area contributed by atoms with E-state index in [4.69, 9.17) is 4.74 Å². The third-order valence-electron chi connectivity index (χ3n) is 3.50. The molecule has 1 atom stereocenters. The molecule has 0 radical (unpaired) electrons. The van der Waals surface area contributed by atoms with Gasteiger partial charge in [-0.1, -0.05) is 30.3 Å². The van der Waals surface area contributed by atoms with Gasteiger partial charge in [0.1, 0.15) is 5.75 Å². The van der Waals surface area contributed by atoms with Crippen LogP contribution in [0.25, 0.3) is 10.8 Å². The van der Waals surface area contributed by atoms with E-state index in [0.717, 1.165) is 35.8 Å². The Morgan fingerprint density at radius 2 is 2.16 bits per heavy atom. The summed E-state index contributed by atoms with van der Waals surface area (Å²) in [6.45, 7) is 1.52. The maximum atomic E-state index is 9.98. The van der Waals surface area contributed by atoms with Gasteiger partial charge in [-0.3, -0.25) is 4.99 Å². The van der Waals surface area contributed by atoms with Crippen molar-refractivity contribution in [1.29, 1.82) is 0 Å². The molecular weight excluding hydrogens is 238 g/mol. The van der Waals surface area contributed by atoms with E-state index < -0.39 is 0 Å². The predicted molar refractivity (Wildman–Crippen MR) is 77.0 cm³/mol. The fraction of sp³-hybridized carbons (Fsp3) is 0.312. The minimum Gasteiger partial charge on any atom is -0.507 e. The first-order chi connectivity index (χ1) is 9.34. The van der Waals surface area contributed by atoms with Crippen molar-refractivity contribution in [2.45, 2.75) is 18.9 Å². The number of hydrogen-bond acceptors (Lipinski definition) is 3. The zero-order valence-corrected chi connectivity index (χ0v) is 10.7. The molecule has 0 spiro atoms. The van der Waals surface area contributed by atoms with Crippen molar-refractivity contribution >= 4 is 17.0 Å². The highest BCUT2D eigenvalue weighted by atomic mass is 16.5. The summed E-state index contributed by atoms with van der Waals surface area (Å²) in [5.41, 5.74) is 0.788. The molecule has 0 aromatic heterocycles. The van der Waals surface area contributed by atoms with E-state index in [1.54, 1.807) is 12.3 Å². The highest BCUT2D eigenvalue weighted by Gasteiger charge is 2.14. The molecule has 1 saturated heterocycles. The Labute approximate surface area is 112 Å². The average Bonchev–Trinajstić information content (AvgIpc) is 2.94. The molecule has 98 valence electrons. The van der Waals surface area contributed by atoms with Crippen LogP contribution in [0.2, 0.25) is 0 Å². The number of aliphatic imine (C=N–C) groups is 1. The average molecular weight is 255 g/mol. The Kier molecular flexibility index (Phi) is 3.47. The molecule has 2 aromatic rings. The van der Waals surface area contributed by atoms with Crippen LogP contribution < -0.4 is 0 Å². The third-order valence-corrected chi connectivity index (χ3v) is 3.50. The van der Waals surface area contributed by atoms with Crippen molar-refractivity contribution in [3.05, 3.63) is 42.0 Å². The summed E-state index contributed by atoms with van der Waals surface area (Å²) in [4.78, 5) is 4.42. The zero-order chi connectivity index (χ0) is 13.1. The number of phenols is 1. The number of fused-ring (bicyclic) bond motifs is 1. The number of ether oxygens (including phenoxy) is 1. The number of rotatable bonds is 3. The van der Waals surface area contributed by atoms with Crippen LogP contribution in [0.1, 0.15) is 18.4 Å². The normalized spacial score (nSPS) is 19.5. The smallest absolute Gasteiger partial charge is 0.124 e. The van der Waals surface area contributed by atoms with E-state index in [1.807, 2.05) is 30.3 Å². The van der Waals surface area contributed by atoms with Crippen LogP contribution in [0.3, 0.4) is 0 Å². The molecule has 3 heteroatoms. The first kappa shape index (κ1) is 12.2. The molecule has 3 rings (SSSR count). The van der Waals surface area contributed by atoms with Crippen molar-refractivity contribution < 1.29 is 9.84 Å². The molecule has 19 heavy (non-hydrogen) atoms. The van der Waals surface area contributed by atoms with E-state index in [1.165, 1.54) is 0 Å². The molecule has 1 N–H and O–H groups in total. The van der Waals surface area contributed by atoms with Crippen molar-refractivity contribution in [3.63, 3.8) is 0 Å². The Hall–Kier alpha value is -1.87. The highest BCUT2D eigenvalue weighted by molar-refractivity contribution is 6.02. The summed E-state index contributed by atoms with van der Waals surface area (Å²) in [6, 6.07) is 11.6. The standard InChI is InChI=1S/C16H17NO2/c18-16-8-7-12-4-1-2-6-14(12)15(16)11-17-10-13-5-3-9-19-13/h1-2,4,6-8,11,13,18H,3,5,9-10H2/t13-/m0/s1.